The lowest BCUT2D eigenvalue weighted by Crippen LogP contribution is -2.22. The molecule has 0 N–H and O–H groups in total. The van der Waals surface area contributed by atoms with Crippen molar-refractivity contribution >= 4 is 28.9 Å². The summed E-state index contributed by atoms with van der Waals surface area (Å²) in [6.45, 7) is 9.46. The van der Waals surface area contributed by atoms with Gasteiger partial charge in [-0.2, -0.15) is 0 Å². The van der Waals surface area contributed by atoms with Crippen LogP contribution >= 0.6 is 17.1 Å². The highest BCUT2D eigenvalue weighted by atomic mass is 32.9. The van der Waals surface area contributed by atoms with Crippen molar-refractivity contribution in [1.29, 1.82) is 0 Å². The van der Waals surface area contributed by atoms with Crippen LogP contribution in [0, 0.1) is 0 Å². The molecule has 1 atom stereocenters. The Morgan fingerprint density at radius 1 is 1.35 bits per heavy atom. The molecule has 0 aliphatic carbocycles. The molecule has 1 saturated heterocycles. The van der Waals surface area contributed by atoms with Crippen molar-refractivity contribution in [1.82, 2.24) is 0 Å². The topological polar surface area (TPSA) is 36.9 Å². The Kier molecular flexibility index (Phi) is 6.40. The lowest BCUT2D eigenvalue weighted by atomic mass is 10.4. The van der Waals surface area contributed by atoms with Gasteiger partial charge in [0.1, 0.15) is 0 Å². The van der Waals surface area contributed by atoms with Crippen molar-refractivity contribution in [2.24, 2.45) is 0 Å². The Bertz CT molecular complexity index is 275. The summed E-state index contributed by atoms with van der Waals surface area (Å²) < 4.78 is 22.3. The van der Waals surface area contributed by atoms with Crippen molar-refractivity contribution in [2.45, 2.75) is 39.6 Å². The van der Waals surface area contributed by atoms with Crippen molar-refractivity contribution in [3.05, 3.63) is 0 Å². The zero-order valence-corrected chi connectivity index (χ0v) is 13.3. The van der Waals surface area contributed by atoms with Crippen molar-refractivity contribution in [2.75, 3.05) is 25.6 Å². The molecule has 0 aromatic rings. The van der Waals surface area contributed by atoms with E-state index in [2.05, 4.69) is 0 Å². The van der Waals surface area contributed by atoms with Gasteiger partial charge in [0.25, 0.3) is 0 Å². The van der Waals surface area contributed by atoms with E-state index in [1.807, 2.05) is 27.7 Å². The fourth-order valence-corrected chi connectivity index (χ4v) is 6.12. The summed E-state index contributed by atoms with van der Waals surface area (Å²) in [5.74, 6) is 0.270. The molecule has 1 rings (SSSR count). The molecule has 0 saturated carbocycles. The van der Waals surface area contributed by atoms with Crippen molar-refractivity contribution in [3.8, 4) is 0 Å². The first-order valence-electron chi connectivity index (χ1n) is 5.76. The molecule has 102 valence electrons. The zero-order valence-electron chi connectivity index (χ0n) is 10.8. The van der Waals surface area contributed by atoms with E-state index in [9.17, 15) is 0 Å². The third-order valence-corrected chi connectivity index (χ3v) is 7.66. The van der Waals surface area contributed by atoms with E-state index in [-0.39, 0.29) is 6.10 Å². The van der Waals surface area contributed by atoms with Crippen LogP contribution in [0.15, 0.2) is 0 Å². The predicted molar refractivity (Wildman–Crippen MR) is 74.9 cm³/mol. The summed E-state index contributed by atoms with van der Waals surface area (Å²) in [4.78, 5) is 0. The van der Waals surface area contributed by atoms with Gasteiger partial charge in [0.2, 0.25) is 5.69 Å². The molecule has 0 spiro atoms. The average molecular weight is 300 g/mol. The Labute approximate surface area is 113 Å². The minimum absolute atomic E-state index is 0.0678. The largest absolute Gasteiger partial charge is 0.348 e. The summed E-state index contributed by atoms with van der Waals surface area (Å²) in [5.41, 5.74) is -2.20. The molecule has 0 bridgehead atoms. The Morgan fingerprint density at radius 3 is 2.35 bits per heavy atom. The highest BCUT2D eigenvalue weighted by Gasteiger charge is 2.34. The lowest BCUT2D eigenvalue weighted by molar-refractivity contribution is -0.135. The third kappa shape index (κ3) is 5.55. The van der Waals surface area contributed by atoms with Crippen LogP contribution in [0.3, 0.4) is 0 Å². The normalized spacial score (nSPS) is 24.1. The number of ether oxygens (including phenoxy) is 2. The number of rotatable bonds is 7. The minimum atomic E-state index is -2.20. The Hall–Kier alpha value is 0.840. The van der Waals surface area contributed by atoms with Crippen molar-refractivity contribution < 1.29 is 18.5 Å². The van der Waals surface area contributed by atoms with Gasteiger partial charge in [0, 0.05) is 5.75 Å². The van der Waals surface area contributed by atoms with E-state index in [1.165, 1.54) is 0 Å². The fraction of sp³-hybridized carbons (Fsp3) is 1.00. The monoisotopic (exact) mass is 300 g/mol. The van der Waals surface area contributed by atoms with E-state index in [0.29, 0.717) is 19.8 Å². The van der Waals surface area contributed by atoms with E-state index in [4.69, 9.17) is 30.3 Å². The summed E-state index contributed by atoms with van der Waals surface area (Å²) >= 11 is 6.97. The van der Waals surface area contributed by atoms with Crippen LogP contribution in [0.1, 0.15) is 27.7 Å². The molecule has 1 heterocycles. The minimum Gasteiger partial charge on any atom is -0.348 e. The second-order valence-corrected chi connectivity index (χ2v) is 10.4. The molecule has 4 nitrogen and oxygen atoms in total. The first kappa shape index (κ1) is 15.9. The summed E-state index contributed by atoms with van der Waals surface area (Å²) in [6, 6.07) is 0. The highest BCUT2D eigenvalue weighted by Crippen LogP contribution is 2.61. The molecule has 0 unspecified atom stereocenters. The van der Waals surface area contributed by atoms with Gasteiger partial charge in [0.05, 0.1) is 25.9 Å². The van der Waals surface area contributed by atoms with Gasteiger partial charge in [-0.05, 0) is 39.5 Å². The van der Waals surface area contributed by atoms with Crippen LogP contribution in [-0.4, -0.2) is 37.5 Å². The molecule has 0 aromatic carbocycles. The molecule has 7 heteroatoms. The first-order chi connectivity index (χ1) is 7.91. The average Bonchev–Trinajstić information content (AvgIpc) is 2.56. The van der Waals surface area contributed by atoms with Gasteiger partial charge in [-0.3, -0.25) is 0 Å². The van der Waals surface area contributed by atoms with Gasteiger partial charge in [-0.25, -0.2) is 0 Å². The SMILES string of the molecule is CCOP(=S)(OCC)SC[C@@H]1COC(C)(C)O1. The molecule has 1 aliphatic heterocycles. The van der Waals surface area contributed by atoms with E-state index >= 15 is 0 Å². The first-order valence-corrected chi connectivity index (χ1v) is 9.99. The van der Waals surface area contributed by atoms with Gasteiger partial charge in [-0.1, -0.05) is 11.4 Å². The van der Waals surface area contributed by atoms with Crippen molar-refractivity contribution in [3.63, 3.8) is 0 Å². The highest BCUT2D eigenvalue weighted by molar-refractivity contribution is 8.67. The summed E-state index contributed by atoms with van der Waals surface area (Å²) in [6.07, 6.45) is 0.0678. The molecule has 1 fully saturated rings. The Balaban J connectivity index is 2.40. The maximum atomic E-state index is 5.72. The smallest absolute Gasteiger partial charge is 0.247 e. The third-order valence-electron chi connectivity index (χ3n) is 2.06. The van der Waals surface area contributed by atoms with Crippen LogP contribution in [0.4, 0.5) is 0 Å². The molecule has 17 heavy (non-hydrogen) atoms. The maximum absolute atomic E-state index is 5.72. The molecular formula is C10H21O4PS2. The van der Waals surface area contributed by atoms with Gasteiger partial charge in [0.15, 0.2) is 5.79 Å². The lowest BCUT2D eigenvalue weighted by Gasteiger charge is -2.22. The van der Waals surface area contributed by atoms with E-state index in [1.54, 1.807) is 11.4 Å². The zero-order chi connectivity index (χ0) is 12.9. The molecule has 0 amide bonds. The fourth-order valence-electron chi connectivity index (χ4n) is 1.45. The molecular weight excluding hydrogens is 279 g/mol. The standard InChI is InChI=1S/C10H21O4PS2/c1-5-12-15(16,13-6-2)17-8-9-7-11-10(3,4)14-9/h9H,5-8H2,1-4H3/t9-/m0/s1. The number of hydrogen-bond donors (Lipinski definition) is 0. The van der Waals surface area contributed by atoms with Crippen LogP contribution in [0.5, 0.6) is 0 Å². The van der Waals surface area contributed by atoms with Crippen LogP contribution in [0.25, 0.3) is 0 Å². The second kappa shape index (κ2) is 6.85. The Morgan fingerprint density at radius 2 is 1.94 bits per heavy atom. The van der Waals surface area contributed by atoms with Crippen LogP contribution < -0.4 is 0 Å². The van der Waals surface area contributed by atoms with Crippen LogP contribution in [-0.2, 0) is 30.3 Å². The van der Waals surface area contributed by atoms with Gasteiger partial charge >= 0.3 is 0 Å². The summed E-state index contributed by atoms with van der Waals surface area (Å²) in [5, 5.41) is 0. The number of hydrogen-bond acceptors (Lipinski definition) is 6. The quantitative estimate of drug-likeness (QED) is 0.672. The molecule has 0 aromatic heterocycles. The maximum Gasteiger partial charge on any atom is 0.247 e. The van der Waals surface area contributed by atoms with Gasteiger partial charge in [-0.15, -0.1) is 0 Å². The predicted octanol–water partition coefficient (Wildman–Crippen LogP) is 3.17. The van der Waals surface area contributed by atoms with E-state index in [0.717, 1.165) is 5.75 Å². The molecule has 0 radical (unpaired) electrons. The van der Waals surface area contributed by atoms with Crippen LogP contribution in [0.2, 0.25) is 0 Å². The second-order valence-electron chi connectivity index (χ2n) is 4.03. The summed E-state index contributed by atoms with van der Waals surface area (Å²) in [7, 11) is 0. The molecule has 1 aliphatic rings. The van der Waals surface area contributed by atoms with Gasteiger partial charge < -0.3 is 18.5 Å². The van der Waals surface area contributed by atoms with E-state index < -0.39 is 11.5 Å².